The molecule has 0 spiro atoms. The number of nitrogens with zero attached hydrogens (tertiary/aromatic N) is 6. The van der Waals surface area contributed by atoms with Crippen molar-refractivity contribution in [2.45, 2.75) is 13.8 Å². The third-order valence-electron chi connectivity index (χ3n) is 4.66. The minimum atomic E-state index is 0.462. The third kappa shape index (κ3) is 2.65. The van der Waals surface area contributed by atoms with E-state index in [1.165, 1.54) is 5.56 Å². The van der Waals surface area contributed by atoms with Crippen molar-refractivity contribution >= 4 is 39.9 Å². The van der Waals surface area contributed by atoms with Gasteiger partial charge in [-0.1, -0.05) is 40.9 Å². The molecule has 138 valence electrons. The highest BCUT2D eigenvalue weighted by atomic mass is 35.5. The summed E-state index contributed by atoms with van der Waals surface area (Å²) in [4.78, 5) is 9.24. The van der Waals surface area contributed by atoms with Gasteiger partial charge < -0.3 is 0 Å². The van der Waals surface area contributed by atoms with Gasteiger partial charge in [-0.25, -0.2) is 19.2 Å². The second-order valence-corrected chi connectivity index (χ2v) is 7.48. The lowest BCUT2D eigenvalue weighted by atomic mass is 10.1. The van der Waals surface area contributed by atoms with Gasteiger partial charge >= 0.3 is 0 Å². The number of aromatic nitrogens is 6. The summed E-state index contributed by atoms with van der Waals surface area (Å²) in [6.07, 6.45) is 3.41. The van der Waals surface area contributed by atoms with Gasteiger partial charge in [0.1, 0.15) is 6.33 Å². The molecule has 0 saturated carbocycles. The summed E-state index contributed by atoms with van der Waals surface area (Å²) in [5.41, 5.74) is 5.52. The summed E-state index contributed by atoms with van der Waals surface area (Å²) in [6.45, 7) is 4.13. The van der Waals surface area contributed by atoms with Crippen LogP contribution < -0.4 is 0 Å². The van der Waals surface area contributed by atoms with E-state index in [0.717, 1.165) is 27.8 Å². The van der Waals surface area contributed by atoms with Crippen molar-refractivity contribution in [3.05, 3.63) is 70.1 Å². The van der Waals surface area contributed by atoms with Crippen molar-refractivity contribution in [3.63, 3.8) is 0 Å². The number of fused-ring (bicyclic) bond motifs is 3. The van der Waals surface area contributed by atoms with Crippen molar-refractivity contribution in [3.8, 4) is 17.1 Å². The fourth-order valence-corrected chi connectivity index (χ4v) is 3.60. The lowest BCUT2D eigenvalue weighted by Crippen LogP contribution is -2.01. The standard InChI is InChI=1S/C20H14Cl2N6/c1-11-3-6-17(12(2)7-11)28-19-14(9-24-28)20-25-18(26-27(20)10-23-19)13-4-5-15(21)16(22)8-13/h3-10H,1-2H3. The topological polar surface area (TPSA) is 60.9 Å². The highest BCUT2D eigenvalue weighted by Gasteiger charge is 2.15. The van der Waals surface area contributed by atoms with Crippen molar-refractivity contribution in [2.75, 3.05) is 0 Å². The molecule has 0 amide bonds. The third-order valence-corrected chi connectivity index (χ3v) is 5.40. The largest absolute Gasteiger partial charge is 0.216 e. The fraction of sp³-hybridized carbons (Fsp3) is 0.100. The average molecular weight is 409 g/mol. The number of halogens is 2. The van der Waals surface area contributed by atoms with E-state index in [2.05, 4.69) is 46.1 Å². The van der Waals surface area contributed by atoms with E-state index >= 15 is 0 Å². The first-order chi connectivity index (χ1) is 13.5. The lowest BCUT2D eigenvalue weighted by Gasteiger charge is -2.07. The molecule has 2 aromatic carbocycles. The molecule has 0 aliphatic heterocycles. The van der Waals surface area contributed by atoms with E-state index in [9.17, 15) is 0 Å². The van der Waals surface area contributed by atoms with Gasteiger partial charge in [0.15, 0.2) is 17.1 Å². The van der Waals surface area contributed by atoms with E-state index in [-0.39, 0.29) is 0 Å². The molecule has 0 N–H and O–H groups in total. The van der Waals surface area contributed by atoms with Gasteiger partial charge in [0.2, 0.25) is 0 Å². The molecule has 0 aliphatic carbocycles. The molecule has 5 aromatic rings. The Hall–Kier alpha value is -2.96. The minimum absolute atomic E-state index is 0.462. The van der Waals surface area contributed by atoms with Crippen molar-refractivity contribution in [2.24, 2.45) is 0 Å². The number of aryl methyl sites for hydroxylation is 2. The van der Waals surface area contributed by atoms with E-state index in [1.54, 1.807) is 29.2 Å². The van der Waals surface area contributed by atoms with Crippen LogP contribution in [-0.2, 0) is 0 Å². The Bertz CT molecular complexity index is 1370. The molecular weight excluding hydrogens is 395 g/mol. The van der Waals surface area contributed by atoms with Crippen LogP contribution in [0.5, 0.6) is 0 Å². The Morgan fingerprint density at radius 3 is 2.57 bits per heavy atom. The predicted molar refractivity (Wildman–Crippen MR) is 110 cm³/mol. The Morgan fingerprint density at radius 2 is 1.79 bits per heavy atom. The van der Waals surface area contributed by atoms with Crippen LogP contribution in [-0.4, -0.2) is 29.4 Å². The SMILES string of the molecule is Cc1ccc(-n2ncc3c2ncn2nc(-c4ccc(Cl)c(Cl)c4)nc32)c(C)c1. The Labute approximate surface area is 170 Å². The molecule has 0 saturated heterocycles. The average Bonchev–Trinajstić information content (AvgIpc) is 3.28. The van der Waals surface area contributed by atoms with Gasteiger partial charge in [0.05, 0.1) is 27.3 Å². The van der Waals surface area contributed by atoms with Crippen molar-refractivity contribution in [1.82, 2.24) is 29.4 Å². The van der Waals surface area contributed by atoms with Crippen LogP contribution in [0.15, 0.2) is 48.9 Å². The molecule has 3 heterocycles. The summed E-state index contributed by atoms with van der Waals surface area (Å²) >= 11 is 12.1. The van der Waals surface area contributed by atoms with Crippen LogP contribution in [0.3, 0.4) is 0 Å². The molecular formula is C20H14Cl2N6. The number of benzene rings is 2. The highest BCUT2D eigenvalue weighted by molar-refractivity contribution is 6.42. The van der Waals surface area contributed by atoms with Crippen LogP contribution in [0.1, 0.15) is 11.1 Å². The molecule has 3 aromatic heterocycles. The van der Waals surface area contributed by atoms with Gasteiger partial charge in [-0.3, -0.25) is 0 Å². The van der Waals surface area contributed by atoms with E-state index in [0.29, 0.717) is 21.5 Å². The van der Waals surface area contributed by atoms with Crippen LogP contribution in [0.2, 0.25) is 10.0 Å². The maximum absolute atomic E-state index is 6.13. The zero-order valence-corrected chi connectivity index (χ0v) is 16.6. The van der Waals surface area contributed by atoms with Crippen molar-refractivity contribution < 1.29 is 0 Å². The molecule has 28 heavy (non-hydrogen) atoms. The van der Waals surface area contributed by atoms with E-state index in [1.807, 2.05) is 16.8 Å². The van der Waals surface area contributed by atoms with Gasteiger partial charge in [0, 0.05) is 5.56 Å². The molecule has 0 fully saturated rings. The van der Waals surface area contributed by atoms with E-state index in [4.69, 9.17) is 23.2 Å². The predicted octanol–water partition coefficient (Wildman–Crippen LogP) is 5.05. The normalized spacial score (nSPS) is 11.6. The summed E-state index contributed by atoms with van der Waals surface area (Å²) < 4.78 is 3.48. The van der Waals surface area contributed by atoms with Gasteiger partial charge in [-0.15, -0.1) is 5.10 Å². The van der Waals surface area contributed by atoms with Gasteiger partial charge in [0.25, 0.3) is 0 Å². The van der Waals surface area contributed by atoms with Gasteiger partial charge in [-0.2, -0.15) is 5.10 Å². The zero-order valence-electron chi connectivity index (χ0n) is 15.1. The van der Waals surface area contributed by atoms with Crippen LogP contribution in [0.25, 0.3) is 33.8 Å². The smallest absolute Gasteiger partial charge is 0.182 e. The van der Waals surface area contributed by atoms with Crippen LogP contribution in [0.4, 0.5) is 0 Å². The number of hydrogen-bond donors (Lipinski definition) is 0. The Morgan fingerprint density at radius 1 is 0.929 bits per heavy atom. The molecule has 0 aliphatic rings. The lowest BCUT2D eigenvalue weighted by molar-refractivity contribution is 0.876. The first kappa shape index (κ1) is 17.2. The number of rotatable bonds is 2. The monoisotopic (exact) mass is 408 g/mol. The molecule has 0 bridgehead atoms. The molecule has 8 heteroatoms. The Balaban J connectivity index is 1.69. The molecule has 0 radical (unpaired) electrons. The highest BCUT2D eigenvalue weighted by Crippen LogP contribution is 2.28. The Kier molecular flexibility index (Phi) is 3.86. The molecule has 0 atom stereocenters. The second kappa shape index (κ2) is 6.29. The fourth-order valence-electron chi connectivity index (χ4n) is 3.30. The zero-order chi connectivity index (χ0) is 19.4. The quantitative estimate of drug-likeness (QED) is 0.409. The van der Waals surface area contributed by atoms with Crippen molar-refractivity contribution in [1.29, 1.82) is 0 Å². The first-order valence-electron chi connectivity index (χ1n) is 8.63. The molecule has 5 rings (SSSR count). The van der Waals surface area contributed by atoms with E-state index < -0.39 is 0 Å². The first-order valence-corrected chi connectivity index (χ1v) is 9.39. The van der Waals surface area contributed by atoms with Crippen LogP contribution >= 0.6 is 23.2 Å². The van der Waals surface area contributed by atoms with Crippen LogP contribution in [0, 0.1) is 13.8 Å². The molecule has 0 unspecified atom stereocenters. The maximum Gasteiger partial charge on any atom is 0.182 e. The number of hydrogen-bond acceptors (Lipinski definition) is 4. The summed E-state index contributed by atoms with van der Waals surface area (Å²) in [6, 6.07) is 11.6. The summed E-state index contributed by atoms with van der Waals surface area (Å²) in [5, 5.41) is 10.8. The maximum atomic E-state index is 6.13. The van der Waals surface area contributed by atoms with Gasteiger partial charge in [-0.05, 0) is 43.7 Å². The summed E-state index contributed by atoms with van der Waals surface area (Å²) in [7, 11) is 0. The molecule has 6 nitrogen and oxygen atoms in total. The summed E-state index contributed by atoms with van der Waals surface area (Å²) in [5.74, 6) is 0.548. The second-order valence-electron chi connectivity index (χ2n) is 6.66. The minimum Gasteiger partial charge on any atom is -0.216 e.